The van der Waals surface area contributed by atoms with E-state index in [1.165, 1.54) is 0 Å². The molecule has 1 N–H and O–H groups in total. The topological polar surface area (TPSA) is 60.4 Å². The Morgan fingerprint density at radius 2 is 1.80 bits per heavy atom. The Morgan fingerprint density at radius 1 is 1.80 bits per heavy atom. The van der Waals surface area contributed by atoms with Crippen molar-refractivity contribution in [3.63, 3.8) is 0 Å². The van der Waals surface area contributed by atoms with Crippen LogP contribution in [-0.2, 0) is 4.46 Å². The van der Waals surface area contributed by atoms with Crippen LogP contribution in [0.25, 0.3) is 0 Å². The van der Waals surface area contributed by atoms with Crippen LogP contribution in [0.15, 0.2) is 0 Å². The molecule has 0 radical (unpaired) electrons. The Morgan fingerprint density at radius 3 is 1.80 bits per heavy atom. The Hall–Kier alpha value is 0.617. The van der Waals surface area contributed by atoms with Crippen molar-refractivity contribution >= 4 is 9.17 Å². The van der Waals surface area contributed by atoms with Crippen molar-refractivity contribution in [2.45, 2.75) is 0 Å². The smallest absolute Gasteiger partial charge is 0.604 e. The van der Waals surface area contributed by atoms with E-state index >= 15 is 0 Å². The fourth-order valence-electron chi connectivity index (χ4n) is 0. The molecule has 0 saturated carbocycles. The normalized spacial score (nSPS) is 4.80. The van der Waals surface area contributed by atoms with Crippen molar-refractivity contribution in [3.8, 4) is 0 Å². The Balaban J connectivity index is 0. The van der Waals surface area contributed by atoms with Gasteiger partial charge in [-0.15, -0.1) is 0 Å². The molecule has 0 aliphatic rings. The van der Waals surface area contributed by atoms with Crippen LogP contribution in [0.3, 0.4) is 0 Å². The van der Waals surface area contributed by atoms with Gasteiger partial charge in [0.25, 0.3) is 0 Å². The molecule has 3 nitrogen and oxygen atoms in total. The van der Waals surface area contributed by atoms with Crippen LogP contribution in [0.4, 0.5) is 0 Å². The van der Waals surface area contributed by atoms with Crippen LogP contribution in [0.5, 0.6) is 0 Å². The molecule has 5 heteroatoms. The predicted octanol–water partition coefficient (Wildman–Crippen LogP) is -5.24. The summed E-state index contributed by atoms with van der Waals surface area (Å²) in [6.45, 7) is 0. The monoisotopic (exact) mass is 100.0 g/mol. The summed E-state index contributed by atoms with van der Waals surface area (Å²) in [7, 11) is -3.38. The summed E-state index contributed by atoms with van der Waals surface area (Å²) in [5, 5.41) is 0. The van der Waals surface area contributed by atoms with Gasteiger partial charge >= 0.3 is 38.7 Å². The van der Waals surface area contributed by atoms with Gasteiger partial charge < -0.3 is 14.1 Å². The molecular formula is HNaO3Si. The third kappa shape index (κ3) is 83.1. The van der Waals surface area contributed by atoms with Gasteiger partial charge in [0.1, 0.15) is 0 Å². The molecule has 0 rings (SSSR count). The second-order valence-electron chi connectivity index (χ2n) is 0.266. The van der Waals surface area contributed by atoms with Crippen LogP contribution in [-0.4, -0.2) is 14.0 Å². The van der Waals surface area contributed by atoms with Gasteiger partial charge in [0.05, 0.1) is 0 Å². The first-order chi connectivity index (χ1) is 1.73. The molecule has 0 fully saturated rings. The Labute approximate surface area is 52.8 Å². The minimum Gasteiger partial charge on any atom is -0.604 e. The summed E-state index contributed by atoms with van der Waals surface area (Å²) < 4.78 is 8.63. The van der Waals surface area contributed by atoms with Gasteiger partial charge in [0.2, 0.25) is 0 Å². The third-order valence-corrected chi connectivity index (χ3v) is 0. The molecule has 0 heterocycles. The first-order valence-electron chi connectivity index (χ1n) is 0.632. The van der Waals surface area contributed by atoms with Gasteiger partial charge in [-0.1, -0.05) is 0 Å². The molecule has 24 valence electrons. The molecule has 0 aromatic carbocycles. The number of hydrogen-bond donors (Lipinski definition) is 1. The molecule has 0 spiro atoms. The molecule has 5 heavy (non-hydrogen) atoms. The van der Waals surface area contributed by atoms with Gasteiger partial charge in [-0.2, -0.15) is 0 Å². The zero-order valence-corrected chi connectivity index (χ0v) is 5.76. The van der Waals surface area contributed by atoms with E-state index in [4.69, 9.17) is 14.1 Å². The molecule has 0 saturated heterocycles. The molecule has 0 atom stereocenters. The number of hydrogen-bond acceptors (Lipinski definition) is 2. The van der Waals surface area contributed by atoms with Crippen LogP contribution in [0, 0.1) is 0 Å². The zero-order chi connectivity index (χ0) is 3.58. The number of rotatable bonds is 0. The summed E-state index contributed by atoms with van der Waals surface area (Å²) in [5.74, 6) is 0. The van der Waals surface area contributed by atoms with Crippen LogP contribution in [0.2, 0.25) is 0 Å². The van der Waals surface area contributed by atoms with Crippen LogP contribution < -0.4 is 34.4 Å². The van der Waals surface area contributed by atoms with Gasteiger partial charge in [-0.05, 0) is 0 Å². The zero-order valence-electron chi connectivity index (χ0n) is 2.76. The first kappa shape index (κ1) is 9.15. The van der Waals surface area contributed by atoms with Crippen molar-refractivity contribution in [2.24, 2.45) is 0 Å². The molecular weight excluding hydrogens is 99.1 g/mol. The molecule has 0 aromatic rings. The van der Waals surface area contributed by atoms with Crippen LogP contribution in [0.1, 0.15) is 0 Å². The van der Waals surface area contributed by atoms with Crippen molar-refractivity contribution in [1.82, 2.24) is 0 Å². The van der Waals surface area contributed by atoms with E-state index < -0.39 is 9.17 Å². The largest absolute Gasteiger partial charge is 1.00 e. The summed E-state index contributed by atoms with van der Waals surface area (Å²) in [4.78, 5) is 15.7. The minimum atomic E-state index is -3.38. The molecule has 0 unspecified atom stereocenters. The molecule has 0 aliphatic carbocycles. The predicted molar refractivity (Wildman–Crippen MR) is 8.66 cm³/mol. The van der Waals surface area contributed by atoms with E-state index in [1.807, 2.05) is 0 Å². The summed E-state index contributed by atoms with van der Waals surface area (Å²) in [5.41, 5.74) is 0. The van der Waals surface area contributed by atoms with E-state index in [-0.39, 0.29) is 29.6 Å². The maximum atomic E-state index is 8.63. The van der Waals surface area contributed by atoms with Gasteiger partial charge in [-0.3, -0.25) is 0 Å². The van der Waals surface area contributed by atoms with E-state index in [1.54, 1.807) is 0 Å². The third-order valence-electron chi connectivity index (χ3n) is 0. The standard InChI is InChI=1S/Na.HO3Si/c;1-4(2)3/h;1H/q+1;-1. The van der Waals surface area contributed by atoms with Crippen molar-refractivity contribution in [2.75, 3.05) is 0 Å². The van der Waals surface area contributed by atoms with E-state index in [9.17, 15) is 0 Å². The maximum absolute atomic E-state index is 8.63. The average molecular weight is 100 g/mol. The fraction of sp³-hybridized carbons (Fsp3) is 0. The van der Waals surface area contributed by atoms with Crippen molar-refractivity contribution in [3.05, 3.63) is 0 Å². The second kappa shape index (κ2) is 4.62. The molecule has 0 bridgehead atoms. The van der Waals surface area contributed by atoms with E-state index in [0.717, 1.165) is 0 Å². The second-order valence-corrected chi connectivity index (χ2v) is 0.798. The van der Waals surface area contributed by atoms with E-state index in [0.29, 0.717) is 0 Å². The fourth-order valence-corrected chi connectivity index (χ4v) is 0. The average Bonchev–Trinajstić information content (AvgIpc) is 0.811. The van der Waals surface area contributed by atoms with Gasteiger partial charge in [0.15, 0.2) is 0 Å². The quantitative estimate of drug-likeness (QED) is 0.309. The first-order valence-corrected chi connectivity index (χ1v) is 1.90. The van der Waals surface area contributed by atoms with Crippen molar-refractivity contribution < 1.29 is 43.6 Å². The Bertz CT molecular complexity index is 29.9. The van der Waals surface area contributed by atoms with Crippen LogP contribution >= 0.6 is 0 Å². The summed E-state index contributed by atoms with van der Waals surface area (Å²) in [6, 6.07) is 0. The SMILES string of the molecule is O=[Si]([O-])O.[Na+]. The summed E-state index contributed by atoms with van der Waals surface area (Å²) in [6.07, 6.45) is 0. The molecule has 0 amide bonds. The molecule has 0 aromatic heterocycles. The van der Waals surface area contributed by atoms with Crippen molar-refractivity contribution in [1.29, 1.82) is 0 Å². The minimum absolute atomic E-state index is 0. The summed E-state index contributed by atoms with van der Waals surface area (Å²) >= 11 is 0. The Kier molecular flexibility index (Phi) is 8.45. The van der Waals surface area contributed by atoms with Gasteiger partial charge in [-0.25, -0.2) is 0 Å². The molecule has 0 aliphatic heterocycles. The van der Waals surface area contributed by atoms with Gasteiger partial charge in [0, 0.05) is 0 Å². The van der Waals surface area contributed by atoms with E-state index in [2.05, 4.69) is 0 Å². The maximum Gasteiger partial charge on any atom is 1.00 e.